The molecule has 1 aromatic carbocycles. The molecule has 2 rings (SSSR count). The van der Waals surface area contributed by atoms with Crippen LogP contribution in [0.1, 0.15) is 49.9 Å². The molecule has 27 heavy (non-hydrogen) atoms. The molecule has 6 nitrogen and oxygen atoms in total. The van der Waals surface area contributed by atoms with E-state index in [2.05, 4.69) is 22.4 Å². The van der Waals surface area contributed by atoms with E-state index in [9.17, 15) is 4.79 Å². The molecule has 0 saturated carbocycles. The summed E-state index contributed by atoms with van der Waals surface area (Å²) in [5.74, 6) is -0.271. The van der Waals surface area contributed by atoms with Crippen molar-refractivity contribution < 1.29 is 14.3 Å². The van der Waals surface area contributed by atoms with E-state index in [0.717, 1.165) is 24.2 Å². The number of hydrogen-bond donors (Lipinski definition) is 1. The van der Waals surface area contributed by atoms with E-state index in [0.29, 0.717) is 24.0 Å². The molecule has 0 aliphatic heterocycles. The Morgan fingerprint density at radius 3 is 2.81 bits per heavy atom. The van der Waals surface area contributed by atoms with Crippen LogP contribution in [0.25, 0.3) is 0 Å². The van der Waals surface area contributed by atoms with E-state index in [4.69, 9.17) is 9.47 Å². The highest BCUT2D eigenvalue weighted by molar-refractivity contribution is 7.13. The molecule has 0 radical (unpaired) electrons. The van der Waals surface area contributed by atoms with Crippen LogP contribution in [0.15, 0.2) is 34.7 Å². The average Bonchev–Trinajstić information content (AvgIpc) is 3.10. The Hall–Kier alpha value is -2.25. The van der Waals surface area contributed by atoms with Gasteiger partial charge in [0.2, 0.25) is 5.13 Å². The average molecular weight is 390 g/mol. The van der Waals surface area contributed by atoms with Crippen LogP contribution in [0.3, 0.4) is 0 Å². The molecular formula is C20H27N3O3S. The van der Waals surface area contributed by atoms with Crippen LogP contribution >= 0.6 is 11.3 Å². The maximum atomic E-state index is 11.4. The molecule has 146 valence electrons. The van der Waals surface area contributed by atoms with Gasteiger partial charge in [0.15, 0.2) is 0 Å². The minimum absolute atomic E-state index is 0.178. The van der Waals surface area contributed by atoms with Crippen LogP contribution in [0.5, 0.6) is 0 Å². The summed E-state index contributed by atoms with van der Waals surface area (Å²) < 4.78 is 10.6. The first-order valence-corrected chi connectivity index (χ1v) is 10.1. The third-order valence-corrected chi connectivity index (χ3v) is 4.49. The van der Waals surface area contributed by atoms with Crippen molar-refractivity contribution in [3.63, 3.8) is 0 Å². The predicted octanol–water partition coefficient (Wildman–Crippen LogP) is 4.40. The molecule has 0 aliphatic carbocycles. The molecule has 0 amide bonds. The molecule has 1 heterocycles. The Balaban J connectivity index is 1.74. The van der Waals surface area contributed by atoms with Gasteiger partial charge in [-0.3, -0.25) is 10.2 Å². The van der Waals surface area contributed by atoms with Crippen LogP contribution in [0, 0.1) is 0 Å². The van der Waals surface area contributed by atoms with E-state index in [1.54, 1.807) is 13.1 Å². The van der Waals surface area contributed by atoms with Crippen LogP contribution in [0.4, 0.5) is 5.13 Å². The molecule has 7 heteroatoms. The number of hydrogen-bond acceptors (Lipinski definition) is 7. The summed E-state index contributed by atoms with van der Waals surface area (Å²) in [6, 6.07) is 8.10. The summed E-state index contributed by atoms with van der Waals surface area (Å²) in [6.45, 7) is 5.80. The van der Waals surface area contributed by atoms with E-state index in [1.807, 2.05) is 29.6 Å². The second kappa shape index (κ2) is 12.2. The summed E-state index contributed by atoms with van der Waals surface area (Å²) in [6.07, 6.45) is 5.45. The number of anilines is 1. The molecule has 1 aromatic heterocycles. The quantitative estimate of drug-likeness (QED) is 0.252. The first-order valence-electron chi connectivity index (χ1n) is 9.27. The first-order chi connectivity index (χ1) is 13.2. The number of ether oxygens (including phenoxy) is 2. The highest BCUT2D eigenvalue weighted by Crippen LogP contribution is 2.16. The van der Waals surface area contributed by atoms with Crippen molar-refractivity contribution >= 4 is 28.7 Å². The molecule has 0 atom stereocenters. The van der Waals surface area contributed by atoms with E-state index >= 15 is 0 Å². The van der Waals surface area contributed by atoms with E-state index in [1.165, 1.54) is 24.2 Å². The topological polar surface area (TPSA) is 72.8 Å². The molecule has 0 unspecified atom stereocenters. The lowest BCUT2D eigenvalue weighted by molar-refractivity contribution is -0.142. The maximum absolute atomic E-state index is 11.4. The van der Waals surface area contributed by atoms with Gasteiger partial charge in [0.05, 0.1) is 31.5 Å². The van der Waals surface area contributed by atoms with Crippen molar-refractivity contribution in [1.29, 1.82) is 0 Å². The second-order valence-corrected chi connectivity index (χ2v) is 6.86. The number of esters is 1. The standard InChI is InChI=1S/C20H27N3O3S/c1-3-5-6-11-25-14-17-9-7-16(8-10-17)13-21-23-20-22-18(15-27-20)12-19(24)26-4-2/h7-10,13,15H,3-6,11-12,14H2,1-2H3,(H,22,23). The molecule has 0 bridgehead atoms. The van der Waals surface area contributed by atoms with Gasteiger partial charge >= 0.3 is 5.97 Å². The molecule has 0 saturated heterocycles. The molecule has 0 spiro atoms. The number of rotatable bonds is 12. The van der Waals surface area contributed by atoms with Gasteiger partial charge in [0.1, 0.15) is 0 Å². The molecule has 2 aromatic rings. The monoisotopic (exact) mass is 389 g/mol. The van der Waals surface area contributed by atoms with Gasteiger partial charge in [-0.05, 0) is 24.5 Å². The van der Waals surface area contributed by atoms with Gasteiger partial charge < -0.3 is 9.47 Å². The zero-order valence-electron chi connectivity index (χ0n) is 15.9. The molecular weight excluding hydrogens is 362 g/mol. The fourth-order valence-corrected chi connectivity index (χ4v) is 2.96. The van der Waals surface area contributed by atoms with Crippen LogP contribution in [-0.4, -0.2) is 30.4 Å². The maximum Gasteiger partial charge on any atom is 0.311 e. The lowest BCUT2D eigenvalue weighted by Gasteiger charge is -2.04. The summed E-state index contributed by atoms with van der Waals surface area (Å²) in [5, 5.41) is 6.66. The van der Waals surface area contributed by atoms with Gasteiger partial charge in [-0.2, -0.15) is 5.10 Å². The fraction of sp³-hybridized carbons (Fsp3) is 0.450. The van der Waals surface area contributed by atoms with Crippen LogP contribution in [-0.2, 0) is 27.3 Å². The zero-order chi connectivity index (χ0) is 19.3. The largest absolute Gasteiger partial charge is 0.466 e. The number of benzene rings is 1. The normalized spacial score (nSPS) is 11.0. The third-order valence-electron chi connectivity index (χ3n) is 3.70. The summed E-state index contributed by atoms with van der Waals surface area (Å²) in [4.78, 5) is 15.8. The Labute approximate surface area is 164 Å². The number of unbranched alkanes of at least 4 members (excludes halogenated alkanes) is 2. The number of hydrazone groups is 1. The highest BCUT2D eigenvalue weighted by Gasteiger charge is 2.07. The van der Waals surface area contributed by atoms with Gasteiger partial charge in [-0.15, -0.1) is 11.3 Å². The fourth-order valence-electron chi connectivity index (χ4n) is 2.31. The Kier molecular flexibility index (Phi) is 9.51. The number of carbonyl (C=O) groups is 1. The minimum atomic E-state index is -0.271. The first kappa shape index (κ1) is 21.1. The van der Waals surface area contributed by atoms with Gasteiger partial charge in [-0.1, -0.05) is 44.0 Å². The minimum Gasteiger partial charge on any atom is -0.466 e. The van der Waals surface area contributed by atoms with Gasteiger partial charge in [0, 0.05) is 12.0 Å². The van der Waals surface area contributed by atoms with E-state index in [-0.39, 0.29) is 12.4 Å². The number of nitrogens with one attached hydrogen (secondary N) is 1. The Morgan fingerprint density at radius 1 is 1.26 bits per heavy atom. The lowest BCUT2D eigenvalue weighted by Crippen LogP contribution is -2.07. The number of aromatic nitrogens is 1. The molecule has 0 aliphatic rings. The smallest absolute Gasteiger partial charge is 0.311 e. The number of carbonyl (C=O) groups excluding carboxylic acids is 1. The van der Waals surface area contributed by atoms with Gasteiger partial charge in [-0.25, -0.2) is 4.98 Å². The third kappa shape index (κ3) is 8.32. The van der Waals surface area contributed by atoms with Crippen molar-refractivity contribution in [1.82, 2.24) is 4.98 Å². The highest BCUT2D eigenvalue weighted by atomic mass is 32.1. The Morgan fingerprint density at radius 2 is 2.07 bits per heavy atom. The summed E-state index contributed by atoms with van der Waals surface area (Å²) in [7, 11) is 0. The summed E-state index contributed by atoms with van der Waals surface area (Å²) >= 11 is 1.40. The van der Waals surface area contributed by atoms with E-state index < -0.39 is 0 Å². The second-order valence-electron chi connectivity index (χ2n) is 6.00. The van der Waals surface area contributed by atoms with Crippen molar-refractivity contribution in [2.24, 2.45) is 5.10 Å². The molecule has 0 fully saturated rings. The predicted molar refractivity (Wildman–Crippen MR) is 109 cm³/mol. The van der Waals surface area contributed by atoms with Crippen molar-refractivity contribution in [2.45, 2.75) is 46.1 Å². The Bertz CT molecular complexity index is 714. The SMILES string of the molecule is CCCCCOCc1ccc(C=NNc2nc(CC(=O)OCC)cs2)cc1. The van der Waals surface area contributed by atoms with Crippen LogP contribution < -0.4 is 5.43 Å². The number of thiazole rings is 1. The lowest BCUT2D eigenvalue weighted by atomic mass is 10.1. The van der Waals surface area contributed by atoms with Crippen molar-refractivity contribution in [3.8, 4) is 0 Å². The summed E-state index contributed by atoms with van der Waals surface area (Å²) in [5.41, 5.74) is 5.71. The van der Waals surface area contributed by atoms with Gasteiger partial charge in [0.25, 0.3) is 0 Å². The van der Waals surface area contributed by atoms with Crippen molar-refractivity contribution in [2.75, 3.05) is 18.6 Å². The van der Waals surface area contributed by atoms with Crippen molar-refractivity contribution in [3.05, 3.63) is 46.5 Å². The zero-order valence-corrected chi connectivity index (χ0v) is 16.8. The van der Waals surface area contributed by atoms with Crippen LogP contribution in [0.2, 0.25) is 0 Å². The molecule has 1 N–H and O–H groups in total. The number of nitrogens with zero attached hydrogens (tertiary/aromatic N) is 2.